The lowest BCUT2D eigenvalue weighted by atomic mass is 10.2. The van der Waals surface area contributed by atoms with Gasteiger partial charge in [0.2, 0.25) is 0 Å². The largest absolute Gasteiger partial charge is 0.397 e. The fourth-order valence-corrected chi connectivity index (χ4v) is 2.04. The summed E-state index contributed by atoms with van der Waals surface area (Å²) < 4.78 is 0. The Morgan fingerprint density at radius 1 is 1.53 bits per heavy atom. The van der Waals surface area contributed by atoms with Crippen molar-refractivity contribution < 1.29 is 9.90 Å². The van der Waals surface area contributed by atoms with E-state index in [9.17, 15) is 9.90 Å². The molecule has 102 valence electrons. The lowest BCUT2D eigenvalue weighted by molar-refractivity contribution is 0.0906. The number of aromatic amines is 1. The first-order valence-corrected chi connectivity index (χ1v) is 6.45. The SMILES string of the molecule is CCCC(O)CNC(=O)c1cc2cccc(N)c2[nH]1. The molecule has 0 spiro atoms. The number of rotatable bonds is 5. The van der Waals surface area contributed by atoms with E-state index >= 15 is 0 Å². The van der Waals surface area contributed by atoms with E-state index in [1.54, 1.807) is 12.1 Å². The van der Waals surface area contributed by atoms with Crippen LogP contribution in [0.4, 0.5) is 5.69 Å². The Hall–Kier alpha value is -2.01. The quantitative estimate of drug-likeness (QED) is 0.617. The Morgan fingerprint density at radius 3 is 3.00 bits per heavy atom. The zero-order valence-electron chi connectivity index (χ0n) is 10.9. The predicted octanol–water partition coefficient (Wildman–Crippen LogP) is 1.64. The van der Waals surface area contributed by atoms with Crippen molar-refractivity contribution in [3.05, 3.63) is 30.0 Å². The number of hydrogen-bond acceptors (Lipinski definition) is 3. The molecule has 0 aliphatic heterocycles. The molecule has 5 heteroatoms. The zero-order chi connectivity index (χ0) is 13.8. The summed E-state index contributed by atoms with van der Waals surface area (Å²) in [6.45, 7) is 2.25. The molecule has 1 aromatic carbocycles. The number of fused-ring (bicyclic) bond motifs is 1. The molecule has 5 nitrogen and oxygen atoms in total. The number of carbonyl (C=O) groups is 1. The van der Waals surface area contributed by atoms with E-state index in [1.165, 1.54) is 0 Å². The first-order chi connectivity index (χ1) is 9.11. The Labute approximate surface area is 111 Å². The molecule has 19 heavy (non-hydrogen) atoms. The van der Waals surface area contributed by atoms with Gasteiger partial charge in [0.05, 0.1) is 17.3 Å². The molecule has 1 unspecified atom stereocenters. The van der Waals surface area contributed by atoms with Crippen LogP contribution >= 0.6 is 0 Å². The highest BCUT2D eigenvalue weighted by molar-refractivity contribution is 6.00. The Morgan fingerprint density at radius 2 is 2.32 bits per heavy atom. The highest BCUT2D eigenvalue weighted by Crippen LogP contribution is 2.20. The van der Waals surface area contributed by atoms with Crippen LogP contribution in [0.5, 0.6) is 0 Å². The van der Waals surface area contributed by atoms with E-state index in [0.29, 0.717) is 17.8 Å². The third kappa shape index (κ3) is 3.06. The average molecular weight is 261 g/mol. The average Bonchev–Trinajstić information content (AvgIpc) is 2.82. The molecule has 1 heterocycles. The van der Waals surface area contributed by atoms with Gasteiger partial charge in [-0.05, 0) is 18.6 Å². The Balaban J connectivity index is 2.07. The minimum absolute atomic E-state index is 0.231. The van der Waals surface area contributed by atoms with Crippen LogP contribution in [0, 0.1) is 0 Å². The van der Waals surface area contributed by atoms with Crippen molar-refractivity contribution in [3.8, 4) is 0 Å². The number of carbonyl (C=O) groups excluding carboxylic acids is 1. The molecule has 2 aromatic rings. The smallest absolute Gasteiger partial charge is 0.267 e. The number of amides is 1. The van der Waals surface area contributed by atoms with Gasteiger partial charge in [-0.15, -0.1) is 0 Å². The summed E-state index contributed by atoms with van der Waals surface area (Å²) in [7, 11) is 0. The third-order valence-electron chi connectivity index (χ3n) is 3.05. The van der Waals surface area contributed by atoms with Crippen LogP contribution in [0.3, 0.4) is 0 Å². The normalized spacial score (nSPS) is 12.5. The zero-order valence-corrected chi connectivity index (χ0v) is 10.9. The number of aliphatic hydroxyl groups is 1. The maximum absolute atomic E-state index is 11.9. The van der Waals surface area contributed by atoms with E-state index in [0.717, 1.165) is 17.3 Å². The third-order valence-corrected chi connectivity index (χ3v) is 3.05. The predicted molar refractivity (Wildman–Crippen MR) is 76.0 cm³/mol. The monoisotopic (exact) mass is 261 g/mol. The van der Waals surface area contributed by atoms with E-state index in [2.05, 4.69) is 10.3 Å². The molecule has 0 radical (unpaired) electrons. The van der Waals surface area contributed by atoms with Gasteiger partial charge >= 0.3 is 0 Å². The van der Waals surface area contributed by atoms with Crippen molar-refractivity contribution in [1.29, 1.82) is 0 Å². The van der Waals surface area contributed by atoms with Crippen molar-refractivity contribution in [2.75, 3.05) is 12.3 Å². The van der Waals surface area contributed by atoms with E-state index in [4.69, 9.17) is 5.73 Å². The van der Waals surface area contributed by atoms with Crippen molar-refractivity contribution >= 4 is 22.5 Å². The van der Waals surface area contributed by atoms with Gasteiger partial charge in [-0.25, -0.2) is 0 Å². The van der Waals surface area contributed by atoms with Crippen molar-refractivity contribution in [1.82, 2.24) is 10.3 Å². The van der Waals surface area contributed by atoms with E-state index in [1.807, 2.05) is 19.1 Å². The molecule has 5 N–H and O–H groups in total. The summed E-state index contributed by atoms with van der Waals surface area (Å²) in [5, 5.41) is 13.2. The Bertz CT molecular complexity index is 577. The van der Waals surface area contributed by atoms with Gasteiger partial charge in [-0.2, -0.15) is 0 Å². The van der Waals surface area contributed by atoms with Crippen LogP contribution in [0.2, 0.25) is 0 Å². The van der Waals surface area contributed by atoms with Gasteiger partial charge in [0.1, 0.15) is 5.69 Å². The minimum atomic E-state index is -0.497. The first kappa shape index (κ1) is 13.4. The molecule has 2 rings (SSSR count). The summed E-state index contributed by atoms with van der Waals surface area (Å²) in [5.74, 6) is -0.231. The lowest BCUT2D eigenvalue weighted by Gasteiger charge is -2.09. The maximum atomic E-state index is 11.9. The van der Waals surface area contributed by atoms with Gasteiger partial charge < -0.3 is 21.1 Å². The highest BCUT2D eigenvalue weighted by atomic mass is 16.3. The fourth-order valence-electron chi connectivity index (χ4n) is 2.04. The molecule has 0 fully saturated rings. The molecule has 0 saturated carbocycles. The molecule has 0 saturated heterocycles. The fraction of sp³-hybridized carbons (Fsp3) is 0.357. The van der Waals surface area contributed by atoms with Gasteiger partial charge in [-0.1, -0.05) is 25.5 Å². The molecular formula is C14H19N3O2. The number of H-pyrrole nitrogens is 1. The second kappa shape index (κ2) is 5.75. The highest BCUT2D eigenvalue weighted by Gasteiger charge is 2.12. The Kier molecular flexibility index (Phi) is 4.06. The molecular weight excluding hydrogens is 242 g/mol. The van der Waals surface area contributed by atoms with Crippen LogP contribution in [-0.4, -0.2) is 28.6 Å². The molecule has 0 aliphatic rings. The molecule has 1 aromatic heterocycles. The maximum Gasteiger partial charge on any atom is 0.267 e. The number of benzene rings is 1. The van der Waals surface area contributed by atoms with Crippen molar-refractivity contribution in [2.45, 2.75) is 25.9 Å². The van der Waals surface area contributed by atoms with Gasteiger partial charge in [0.25, 0.3) is 5.91 Å². The van der Waals surface area contributed by atoms with Gasteiger partial charge in [0, 0.05) is 11.9 Å². The molecule has 0 aliphatic carbocycles. The second-order valence-electron chi connectivity index (χ2n) is 4.65. The lowest BCUT2D eigenvalue weighted by Crippen LogP contribution is -2.32. The summed E-state index contributed by atoms with van der Waals surface area (Å²) in [4.78, 5) is 14.9. The number of para-hydroxylation sites is 1. The standard InChI is InChI=1S/C14H19N3O2/c1-2-4-10(18)8-16-14(19)12-7-9-5-3-6-11(15)13(9)17-12/h3,5-7,10,17-18H,2,4,8,15H2,1H3,(H,16,19). The molecule has 0 bridgehead atoms. The van der Waals surface area contributed by atoms with E-state index in [-0.39, 0.29) is 12.5 Å². The van der Waals surface area contributed by atoms with Crippen LogP contribution in [0.25, 0.3) is 10.9 Å². The van der Waals surface area contributed by atoms with Crippen LogP contribution in [-0.2, 0) is 0 Å². The molecule has 1 atom stereocenters. The van der Waals surface area contributed by atoms with Crippen LogP contribution in [0.1, 0.15) is 30.3 Å². The van der Waals surface area contributed by atoms with Gasteiger partial charge in [-0.3, -0.25) is 4.79 Å². The van der Waals surface area contributed by atoms with Crippen molar-refractivity contribution in [3.63, 3.8) is 0 Å². The summed E-state index contributed by atoms with van der Waals surface area (Å²) >= 11 is 0. The van der Waals surface area contributed by atoms with Crippen molar-refractivity contribution in [2.24, 2.45) is 0 Å². The first-order valence-electron chi connectivity index (χ1n) is 6.45. The van der Waals surface area contributed by atoms with Gasteiger partial charge in [0.15, 0.2) is 0 Å². The summed E-state index contributed by atoms with van der Waals surface area (Å²) in [5.41, 5.74) is 7.66. The number of nitrogens with one attached hydrogen (secondary N) is 2. The summed E-state index contributed by atoms with van der Waals surface area (Å²) in [6.07, 6.45) is 1.07. The second-order valence-corrected chi connectivity index (χ2v) is 4.65. The number of aromatic nitrogens is 1. The number of aliphatic hydroxyl groups excluding tert-OH is 1. The number of anilines is 1. The molecule has 1 amide bonds. The number of hydrogen-bond donors (Lipinski definition) is 4. The van der Waals surface area contributed by atoms with Crippen LogP contribution < -0.4 is 11.1 Å². The topological polar surface area (TPSA) is 91.1 Å². The number of nitrogens with two attached hydrogens (primary N) is 1. The van der Waals surface area contributed by atoms with Crippen LogP contribution in [0.15, 0.2) is 24.3 Å². The minimum Gasteiger partial charge on any atom is -0.397 e. The summed E-state index contributed by atoms with van der Waals surface area (Å²) in [6, 6.07) is 7.28. The number of nitrogen functional groups attached to an aromatic ring is 1. The van der Waals surface area contributed by atoms with E-state index < -0.39 is 6.10 Å².